The summed E-state index contributed by atoms with van der Waals surface area (Å²) in [7, 11) is 1.54. The van der Waals surface area contributed by atoms with E-state index in [9.17, 15) is 19.2 Å². The van der Waals surface area contributed by atoms with Crippen LogP contribution in [0.3, 0.4) is 0 Å². The monoisotopic (exact) mass is 390 g/mol. The van der Waals surface area contributed by atoms with Crippen molar-refractivity contribution in [1.29, 1.82) is 0 Å². The number of nitrogens with one attached hydrogen (secondary N) is 1. The predicted molar refractivity (Wildman–Crippen MR) is 96.7 cm³/mol. The number of carbonyl (C=O) groups is 3. The standard InChI is InChI=1S/C17H18N4O7/c1-11(22)21(9-15(23)24)20-8-7-14(18-16(20)25)19-17(26)28-10-12-3-5-13(27-2)6-4-12/h3-8H,9-10H2,1-2H3,(H,23,24)(H,18,19,25,26). The Morgan fingerprint density at radius 3 is 2.43 bits per heavy atom. The van der Waals surface area contributed by atoms with Gasteiger partial charge in [0.15, 0.2) is 0 Å². The van der Waals surface area contributed by atoms with Crippen LogP contribution in [0.2, 0.25) is 0 Å². The predicted octanol–water partition coefficient (Wildman–Crippen LogP) is 0.570. The summed E-state index contributed by atoms with van der Waals surface area (Å²) in [4.78, 5) is 49.8. The van der Waals surface area contributed by atoms with Gasteiger partial charge in [-0.1, -0.05) is 12.1 Å². The van der Waals surface area contributed by atoms with Crippen LogP contribution in [0.4, 0.5) is 10.6 Å². The Morgan fingerprint density at radius 1 is 1.21 bits per heavy atom. The molecule has 1 heterocycles. The molecule has 1 aromatic carbocycles. The molecule has 1 aromatic heterocycles. The van der Waals surface area contributed by atoms with E-state index in [4.69, 9.17) is 14.6 Å². The molecule has 0 saturated carbocycles. The SMILES string of the molecule is COc1ccc(COC(=O)Nc2ccn(N(CC(=O)O)C(C)=O)c(=O)n2)cc1. The Labute approximate surface area is 159 Å². The molecule has 2 aromatic rings. The number of carboxylic acid groups (broad SMARTS) is 1. The highest BCUT2D eigenvalue weighted by molar-refractivity contribution is 5.89. The third-order valence-electron chi connectivity index (χ3n) is 3.45. The Hall–Kier alpha value is -3.89. The smallest absolute Gasteiger partial charge is 0.413 e. The number of benzene rings is 1. The molecule has 0 aliphatic heterocycles. The number of anilines is 1. The summed E-state index contributed by atoms with van der Waals surface area (Å²) < 4.78 is 10.8. The zero-order valence-electron chi connectivity index (χ0n) is 15.1. The van der Waals surface area contributed by atoms with Gasteiger partial charge in [0.05, 0.1) is 7.11 Å². The summed E-state index contributed by atoms with van der Waals surface area (Å²) in [6.07, 6.45) is 0.285. The molecule has 11 heteroatoms. The molecule has 11 nitrogen and oxygen atoms in total. The maximum atomic E-state index is 12.0. The van der Waals surface area contributed by atoms with Crippen molar-refractivity contribution in [3.05, 3.63) is 52.6 Å². The van der Waals surface area contributed by atoms with Gasteiger partial charge in [0.1, 0.15) is 24.7 Å². The van der Waals surface area contributed by atoms with Crippen molar-refractivity contribution in [2.45, 2.75) is 13.5 Å². The van der Waals surface area contributed by atoms with Crippen molar-refractivity contribution < 1.29 is 29.0 Å². The first-order chi connectivity index (χ1) is 13.3. The number of aliphatic carboxylic acids is 1. The molecule has 2 N–H and O–H groups in total. The molecule has 2 amide bonds. The Morgan fingerprint density at radius 2 is 1.89 bits per heavy atom. The molecule has 0 aliphatic carbocycles. The second-order valence-electron chi connectivity index (χ2n) is 5.46. The number of nitrogens with zero attached hydrogens (tertiary/aromatic N) is 3. The van der Waals surface area contributed by atoms with Crippen LogP contribution in [0, 0.1) is 0 Å². The van der Waals surface area contributed by atoms with Crippen LogP contribution in [0.15, 0.2) is 41.3 Å². The molecule has 0 saturated heterocycles. The molecule has 0 fully saturated rings. The van der Waals surface area contributed by atoms with Crippen molar-refractivity contribution >= 4 is 23.8 Å². The van der Waals surface area contributed by atoms with Crippen LogP contribution in [0.1, 0.15) is 12.5 Å². The number of ether oxygens (including phenoxy) is 2. The maximum absolute atomic E-state index is 12.0. The zero-order valence-corrected chi connectivity index (χ0v) is 15.1. The third-order valence-corrected chi connectivity index (χ3v) is 3.45. The zero-order chi connectivity index (χ0) is 20.7. The number of rotatable bonds is 7. The fourth-order valence-corrected chi connectivity index (χ4v) is 2.13. The van der Waals surface area contributed by atoms with E-state index < -0.39 is 30.2 Å². The van der Waals surface area contributed by atoms with Gasteiger partial charge in [0, 0.05) is 13.1 Å². The highest BCUT2D eigenvalue weighted by Crippen LogP contribution is 2.12. The fraction of sp³-hybridized carbons (Fsp3) is 0.235. The Bertz CT molecular complexity index is 924. The lowest BCUT2D eigenvalue weighted by molar-refractivity contribution is -0.137. The average molecular weight is 390 g/mol. The fourth-order valence-electron chi connectivity index (χ4n) is 2.13. The number of hydrogen-bond donors (Lipinski definition) is 2. The van der Waals surface area contributed by atoms with Crippen molar-refractivity contribution in [2.75, 3.05) is 24.0 Å². The number of hydrogen-bond acceptors (Lipinski definition) is 7. The van der Waals surface area contributed by atoms with Gasteiger partial charge < -0.3 is 14.6 Å². The number of carboxylic acids is 1. The number of amides is 2. The third kappa shape index (κ3) is 5.56. The quantitative estimate of drug-likeness (QED) is 0.699. The summed E-state index contributed by atoms with van der Waals surface area (Å²) in [5, 5.41) is 11.8. The molecule has 148 valence electrons. The first-order valence-corrected chi connectivity index (χ1v) is 7.96. The molecule has 28 heavy (non-hydrogen) atoms. The second kappa shape index (κ2) is 9.16. The van der Waals surface area contributed by atoms with Crippen molar-refractivity contribution in [3.8, 4) is 5.75 Å². The number of aromatic nitrogens is 2. The number of methoxy groups -OCH3 is 1. The first kappa shape index (κ1) is 20.4. The minimum absolute atomic E-state index is 0.0103. The van der Waals surface area contributed by atoms with Crippen LogP contribution < -0.4 is 20.8 Å². The van der Waals surface area contributed by atoms with Crippen LogP contribution in [0.5, 0.6) is 5.75 Å². The van der Waals surface area contributed by atoms with Crippen LogP contribution in [-0.2, 0) is 20.9 Å². The maximum Gasteiger partial charge on any atom is 0.413 e. The summed E-state index contributed by atoms with van der Waals surface area (Å²) in [6.45, 7) is 0.384. The van der Waals surface area contributed by atoms with Gasteiger partial charge in [0.25, 0.3) is 0 Å². The Balaban J connectivity index is 2.00. The molecule has 0 unspecified atom stereocenters. The van der Waals surface area contributed by atoms with Gasteiger partial charge >= 0.3 is 17.8 Å². The lowest BCUT2D eigenvalue weighted by atomic mass is 10.2. The van der Waals surface area contributed by atoms with Crippen molar-refractivity contribution in [2.24, 2.45) is 0 Å². The van der Waals surface area contributed by atoms with Crippen molar-refractivity contribution in [1.82, 2.24) is 9.66 Å². The van der Waals surface area contributed by atoms with E-state index >= 15 is 0 Å². The van der Waals surface area contributed by atoms with Gasteiger partial charge in [0.2, 0.25) is 5.91 Å². The minimum Gasteiger partial charge on any atom is -0.497 e. The van der Waals surface area contributed by atoms with Gasteiger partial charge in [-0.3, -0.25) is 14.9 Å². The van der Waals surface area contributed by atoms with E-state index in [0.717, 1.165) is 23.4 Å². The van der Waals surface area contributed by atoms with Crippen LogP contribution >= 0.6 is 0 Å². The Kier molecular flexibility index (Phi) is 6.68. The summed E-state index contributed by atoms with van der Waals surface area (Å²) in [6, 6.07) is 8.12. The van der Waals surface area contributed by atoms with Gasteiger partial charge in [-0.2, -0.15) is 4.98 Å². The normalized spacial score (nSPS) is 10.1. The van der Waals surface area contributed by atoms with Gasteiger partial charge in [-0.15, -0.1) is 0 Å². The minimum atomic E-state index is -1.30. The molecule has 0 aliphatic rings. The second-order valence-corrected chi connectivity index (χ2v) is 5.46. The summed E-state index contributed by atoms with van der Waals surface area (Å²) in [5.41, 5.74) is -0.213. The van der Waals surface area contributed by atoms with E-state index in [0.29, 0.717) is 10.8 Å². The van der Waals surface area contributed by atoms with Crippen LogP contribution in [0.25, 0.3) is 0 Å². The van der Waals surface area contributed by atoms with Gasteiger partial charge in [-0.05, 0) is 23.8 Å². The van der Waals surface area contributed by atoms with Crippen molar-refractivity contribution in [3.63, 3.8) is 0 Å². The van der Waals surface area contributed by atoms with E-state index in [-0.39, 0.29) is 12.4 Å². The van der Waals surface area contributed by atoms with Crippen LogP contribution in [-0.4, -0.2) is 46.4 Å². The molecule has 0 radical (unpaired) electrons. The average Bonchev–Trinajstić information content (AvgIpc) is 2.65. The summed E-state index contributed by atoms with van der Waals surface area (Å²) >= 11 is 0. The lowest BCUT2D eigenvalue weighted by Gasteiger charge is -2.20. The molecule has 2 rings (SSSR count). The molecule has 0 atom stereocenters. The van der Waals surface area contributed by atoms with E-state index in [1.165, 1.54) is 13.2 Å². The molecular weight excluding hydrogens is 372 g/mol. The van der Waals surface area contributed by atoms with E-state index in [1.807, 2.05) is 0 Å². The summed E-state index contributed by atoms with van der Waals surface area (Å²) in [5.74, 6) is -1.41. The lowest BCUT2D eigenvalue weighted by Crippen LogP contribution is -2.48. The largest absolute Gasteiger partial charge is 0.497 e. The molecule has 0 bridgehead atoms. The van der Waals surface area contributed by atoms with E-state index in [1.54, 1.807) is 24.3 Å². The van der Waals surface area contributed by atoms with E-state index in [2.05, 4.69) is 10.3 Å². The highest BCUT2D eigenvalue weighted by atomic mass is 16.5. The number of carbonyl (C=O) groups excluding carboxylic acids is 2. The molecular formula is C17H18N4O7. The molecule has 0 spiro atoms. The van der Waals surface area contributed by atoms with Gasteiger partial charge in [-0.25, -0.2) is 19.3 Å². The first-order valence-electron chi connectivity index (χ1n) is 7.96. The topological polar surface area (TPSA) is 140 Å². The highest BCUT2D eigenvalue weighted by Gasteiger charge is 2.17.